The molecule has 4 atom stereocenters. The Hall–Kier alpha value is -1.17. The van der Waals surface area contributed by atoms with Gasteiger partial charge in [0.15, 0.2) is 0 Å². The lowest BCUT2D eigenvalue weighted by atomic mass is 9.48. The maximum absolute atomic E-state index is 11.3. The number of esters is 1. The molecule has 0 bridgehead atoms. The maximum Gasteiger partial charge on any atom is 0.331 e. The summed E-state index contributed by atoms with van der Waals surface area (Å²) < 4.78 is 4.98. The largest absolute Gasteiger partial charge is 0.458 e. The van der Waals surface area contributed by atoms with E-state index in [1.807, 2.05) is 0 Å². The van der Waals surface area contributed by atoms with Crippen LogP contribution in [0.3, 0.4) is 0 Å². The average Bonchev–Trinajstić information content (AvgIpc) is 2.88. The molecule has 25 heavy (non-hydrogen) atoms. The smallest absolute Gasteiger partial charge is 0.331 e. The van der Waals surface area contributed by atoms with Crippen molar-refractivity contribution < 1.29 is 24.9 Å². The molecule has 0 radical (unpaired) electrons. The van der Waals surface area contributed by atoms with Crippen molar-refractivity contribution in [1.29, 1.82) is 0 Å². The van der Waals surface area contributed by atoms with Gasteiger partial charge in [-0.1, -0.05) is 26.3 Å². The molecule has 2 aliphatic carbocycles. The molecule has 3 rings (SSSR count). The number of hydrogen-bond acceptors (Lipinski definition) is 5. The van der Waals surface area contributed by atoms with Gasteiger partial charge in [0.05, 0.1) is 18.8 Å². The van der Waals surface area contributed by atoms with Crippen LogP contribution in [0.5, 0.6) is 0 Å². The minimum Gasteiger partial charge on any atom is -0.458 e. The molecule has 1 aliphatic heterocycles. The minimum absolute atomic E-state index is 0.0455. The van der Waals surface area contributed by atoms with Gasteiger partial charge in [-0.15, -0.1) is 0 Å². The lowest BCUT2D eigenvalue weighted by molar-refractivity contribution is -0.135. The number of rotatable bonds is 4. The summed E-state index contributed by atoms with van der Waals surface area (Å²) in [6, 6.07) is 0. The van der Waals surface area contributed by atoms with E-state index >= 15 is 0 Å². The maximum atomic E-state index is 11.3. The average molecular weight is 350 g/mol. The number of allylic oxidation sites excluding steroid dienone is 1. The van der Waals surface area contributed by atoms with Crippen molar-refractivity contribution in [1.82, 2.24) is 0 Å². The first kappa shape index (κ1) is 18.6. The second-order valence-electron chi connectivity index (χ2n) is 8.87. The van der Waals surface area contributed by atoms with Crippen LogP contribution in [0.4, 0.5) is 0 Å². The van der Waals surface area contributed by atoms with Gasteiger partial charge in [0.2, 0.25) is 0 Å². The molecule has 0 aromatic carbocycles. The highest BCUT2D eigenvalue weighted by molar-refractivity contribution is 5.85. The number of ether oxygens (including phenoxy) is 1. The van der Waals surface area contributed by atoms with Crippen molar-refractivity contribution in [3.05, 3.63) is 22.8 Å². The first-order valence-electron chi connectivity index (χ1n) is 9.22. The van der Waals surface area contributed by atoms with Crippen molar-refractivity contribution in [2.75, 3.05) is 13.2 Å². The Morgan fingerprint density at radius 2 is 1.92 bits per heavy atom. The van der Waals surface area contributed by atoms with Crippen molar-refractivity contribution in [3.63, 3.8) is 0 Å². The van der Waals surface area contributed by atoms with Gasteiger partial charge in [0.25, 0.3) is 0 Å². The predicted molar refractivity (Wildman–Crippen MR) is 93.6 cm³/mol. The summed E-state index contributed by atoms with van der Waals surface area (Å²) in [7, 11) is 0. The molecule has 0 amide bonds. The van der Waals surface area contributed by atoms with Crippen molar-refractivity contribution >= 4 is 5.97 Å². The van der Waals surface area contributed by atoms with E-state index in [1.165, 1.54) is 0 Å². The first-order chi connectivity index (χ1) is 11.7. The lowest BCUT2D eigenvalue weighted by Gasteiger charge is -2.58. The van der Waals surface area contributed by atoms with Gasteiger partial charge in [-0.2, -0.15) is 0 Å². The lowest BCUT2D eigenvalue weighted by Crippen LogP contribution is -2.55. The zero-order valence-corrected chi connectivity index (χ0v) is 15.4. The zero-order chi connectivity index (χ0) is 18.4. The molecular weight excluding hydrogens is 320 g/mol. The summed E-state index contributed by atoms with van der Waals surface area (Å²) in [5.41, 5.74) is 2.49. The van der Waals surface area contributed by atoms with Gasteiger partial charge in [0.1, 0.15) is 6.61 Å². The molecule has 5 nitrogen and oxygen atoms in total. The van der Waals surface area contributed by atoms with Crippen LogP contribution in [0.1, 0.15) is 52.9 Å². The summed E-state index contributed by atoms with van der Waals surface area (Å²) in [6.07, 6.45) is 3.84. The third-order valence-electron chi connectivity index (χ3n) is 6.51. The molecule has 0 spiro atoms. The molecule has 1 fully saturated rings. The van der Waals surface area contributed by atoms with Crippen LogP contribution in [0, 0.1) is 16.7 Å². The Morgan fingerprint density at radius 3 is 2.52 bits per heavy atom. The van der Waals surface area contributed by atoms with E-state index in [0.717, 1.165) is 23.1 Å². The molecule has 3 aliphatic rings. The predicted octanol–water partition coefficient (Wildman–Crippen LogP) is 2.11. The van der Waals surface area contributed by atoms with Crippen LogP contribution in [-0.4, -0.2) is 46.7 Å². The molecule has 1 saturated carbocycles. The third kappa shape index (κ3) is 3.29. The SMILES string of the molecule is CC1(C)C[C@H](O)C[C@]2(C)C(CCC3=CC(=O)OC3)=C(CO)C[C@H](O)[C@H]12. The second kappa shape index (κ2) is 6.53. The normalized spacial score (nSPS) is 37.6. The van der Waals surface area contributed by atoms with Crippen LogP contribution in [0.15, 0.2) is 22.8 Å². The monoisotopic (exact) mass is 350 g/mol. The van der Waals surface area contributed by atoms with Gasteiger partial charge in [-0.25, -0.2) is 4.79 Å². The Balaban J connectivity index is 1.94. The highest BCUT2D eigenvalue weighted by Gasteiger charge is 2.56. The molecular formula is C20H30O5. The van der Waals surface area contributed by atoms with Gasteiger partial charge in [-0.3, -0.25) is 0 Å². The van der Waals surface area contributed by atoms with E-state index in [0.29, 0.717) is 32.3 Å². The van der Waals surface area contributed by atoms with Gasteiger partial charge < -0.3 is 20.1 Å². The number of carbonyl (C=O) groups is 1. The number of carbonyl (C=O) groups excluding carboxylic acids is 1. The Kier molecular flexibility index (Phi) is 4.86. The topological polar surface area (TPSA) is 87.0 Å². The number of fused-ring (bicyclic) bond motifs is 1. The van der Waals surface area contributed by atoms with E-state index in [2.05, 4.69) is 20.8 Å². The fourth-order valence-corrected chi connectivity index (χ4v) is 5.90. The fourth-order valence-electron chi connectivity index (χ4n) is 5.90. The van der Waals surface area contributed by atoms with Crippen LogP contribution in [-0.2, 0) is 9.53 Å². The minimum atomic E-state index is -0.506. The third-order valence-corrected chi connectivity index (χ3v) is 6.51. The number of aliphatic hydroxyl groups is 3. The molecule has 1 heterocycles. The molecule has 3 N–H and O–H groups in total. The molecule has 0 aromatic heterocycles. The Bertz CT molecular complexity index is 618. The second-order valence-corrected chi connectivity index (χ2v) is 8.87. The van der Waals surface area contributed by atoms with Crippen LogP contribution in [0.25, 0.3) is 0 Å². The van der Waals surface area contributed by atoms with Crippen LogP contribution >= 0.6 is 0 Å². The molecule has 5 heteroatoms. The van der Waals surface area contributed by atoms with E-state index in [4.69, 9.17) is 4.74 Å². The van der Waals surface area contributed by atoms with E-state index in [9.17, 15) is 20.1 Å². The Labute approximate surface area is 149 Å². The molecule has 0 unspecified atom stereocenters. The number of cyclic esters (lactones) is 1. The van der Waals surface area contributed by atoms with Gasteiger partial charge in [0, 0.05) is 6.08 Å². The van der Waals surface area contributed by atoms with Crippen molar-refractivity contribution in [2.45, 2.75) is 65.1 Å². The van der Waals surface area contributed by atoms with E-state index in [1.54, 1.807) is 6.08 Å². The summed E-state index contributed by atoms with van der Waals surface area (Å²) in [4.78, 5) is 11.3. The Morgan fingerprint density at radius 1 is 1.20 bits per heavy atom. The molecule has 0 saturated heterocycles. The molecule has 0 aromatic rings. The van der Waals surface area contributed by atoms with Crippen LogP contribution in [0.2, 0.25) is 0 Å². The highest BCUT2D eigenvalue weighted by Crippen LogP contribution is 2.60. The quantitative estimate of drug-likeness (QED) is 0.534. The number of hydrogen-bond donors (Lipinski definition) is 3. The van der Waals surface area contributed by atoms with Crippen molar-refractivity contribution in [2.24, 2.45) is 16.7 Å². The highest BCUT2D eigenvalue weighted by atomic mass is 16.5. The van der Waals surface area contributed by atoms with Crippen molar-refractivity contribution in [3.8, 4) is 0 Å². The standard InChI is InChI=1S/C20H30O5/c1-19(2)8-14(22)9-20(3)15(5-4-12-6-17(24)25-11-12)13(10-21)7-16(23)18(19)20/h6,14,16,18,21-23H,4-5,7-11H2,1-3H3/t14-,16-,18+,20+/m0/s1. The first-order valence-corrected chi connectivity index (χ1v) is 9.22. The fraction of sp³-hybridized carbons (Fsp3) is 0.750. The molecule has 140 valence electrons. The van der Waals surface area contributed by atoms with Gasteiger partial charge >= 0.3 is 5.97 Å². The van der Waals surface area contributed by atoms with E-state index in [-0.39, 0.29) is 29.3 Å². The number of aliphatic hydroxyl groups excluding tert-OH is 3. The summed E-state index contributed by atoms with van der Waals surface area (Å²) in [6.45, 7) is 6.64. The van der Waals surface area contributed by atoms with E-state index < -0.39 is 12.2 Å². The van der Waals surface area contributed by atoms with Gasteiger partial charge in [-0.05, 0) is 60.0 Å². The van der Waals surface area contributed by atoms with Crippen LogP contribution < -0.4 is 0 Å². The zero-order valence-electron chi connectivity index (χ0n) is 15.4. The summed E-state index contributed by atoms with van der Waals surface area (Å²) in [5.74, 6) is -0.243. The summed E-state index contributed by atoms with van der Waals surface area (Å²) in [5, 5.41) is 31.2. The summed E-state index contributed by atoms with van der Waals surface area (Å²) >= 11 is 0.